The Morgan fingerprint density at radius 3 is 2.49 bits per heavy atom. The van der Waals surface area contributed by atoms with E-state index in [2.05, 4.69) is 27.4 Å². The average Bonchev–Trinajstić information content (AvgIpc) is 3.37. The van der Waals surface area contributed by atoms with E-state index in [-0.39, 0.29) is 6.03 Å². The van der Waals surface area contributed by atoms with Crippen LogP contribution in [0.4, 0.5) is 16.3 Å². The van der Waals surface area contributed by atoms with Crippen molar-refractivity contribution in [2.24, 2.45) is 0 Å². The Balaban J connectivity index is 1.29. The number of carbonyl (C=O) groups excluding carboxylic acids is 1. The van der Waals surface area contributed by atoms with Crippen molar-refractivity contribution in [3.05, 3.63) is 107 Å². The first-order chi connectivity index (χ1) is 19.0. The molecule has 0 unspecified atom stereocenters. The molecule has 0 aliphatic carbocycles. The lowest BCUT2D eigenvalue weighted by Gasteiger charge is -2.35. The predicted octanol–water partition coefficient (Wildman–Crippen LogP) is 5.72. The highest BCUT2D eigenvalue weighted by Gasteiger charge is 2.25. The van der Waals surface area contributed by atoms with E-state index in [1.807, 2.05) is 89.4 Å². The van der Waals surface area contributed by atoms with Gasteiger partial charge in [-0.1, -0.05) is 60.1 Å². The third kappa shape index (κ3) is 5.42. The number of piperazine rings is 1. The van der Waals surface area contributed by atoms with Crippen LogP contribution in [0.5, 0.6) is 0 Å². The first-order valence-corrected chi connectivity index (χ1v) is 13.3. The van der Waals surface area contributed by atoms with Crippen molar-refractivity contribution in [1.29, 1.82) is 0 Å². The molecular weight excluding hydrogens is 510 g/mol. The van der Waals surface area contributed by atoms with Crippen molar-refractivity contribution in [3.8, 4) is 5.69 Å². The largest absolute Gasteiger partial charge is 0.352 e. The van der Waals surface area contributed by atoms with E-state index < -0.39 is 0 Å². The maximum Gasteiger partial charge on any atom is 0.321 e. The van der Waals surface area contributed by atoms with Gasteiger partial charge in [-0.3, -0.25) is 0 Å². The lowest BCUT2D eigenvalue weighted by atomic mass is 10.1. The van der Waals surface area contributed by atoms with E-state index in [1.54, 1.807) is 0 Å². The monoisotopic (exact) mass is 537 g/mol. The Hall–Kier alpha value is -4.43. The number of aryl methyl sites for hydroxylation is 1. The lowest BCUT2D eigenvalue weighted by molar-refractivity contribution is 0.208. The highest BCUT2D eigenvalue weighted by Crippen LogP contribution is 2.28. The van der Waals surface area contributed by atoms with Crippen LogP contribution in [0.2, 0.25) is 5.02 Å². The van der Waals surface area contributed by atoms with E-state index in [0.29, 0.717) is 43.4 Å². The molecule has 5 aromatic rings. The molecule has 1 fully saturated rings. The number of aromatic nitrogens is 4. The molecule has 0 spiro atoms. The maximum atomic E-state index is 12.9. The molecule has 2 amide bonds. The van der Waals surface area contributed by atoms with Gasteiger partial charge in [0.2, 0.25) is 0 Å². The summed E-state index contributed by atoms with van der Waals surface area (Å²) < 4.78 is 1.81. The SMILES string of the molecule is Cc1cccc(NC(=O)N2CCN(c3nc(Cc4ccccc4)nc4c3cnn4-c3cccc(Cl)c3)CC2)c1. The Bertz CT molecular complexity index is 1630. The number of amides is 2. The quantitative estimate of drug-likeness (QED) is 0.310. The van der Waals surface area contributed by atoms with Crippen molar-refractivity contribution in [3.63, 3.8) is 0 Å². The molecule has 0 saturated carbocycles. The second-order valence-electron chi connectivity index (χ2n) is 9.67. The fourth-order valence-corrected chi connectivity index (χ4v) is 5.06. The number of hydrogen-bond acceptors (Lipinski definition) is 5. The van der Waals surface area contributed by atoms with E-state index in [9.17, 15) is 4.79 Å². The van der Waals surface area contributed by atoms with Gasteiger partial charge < -0.3 is 15.1 Å². The van der Waals surface area contributed by atoms with Gasteiger partial charge in [0.05, 0.1) is 17.3 Å². The number of anilines is 2. The fourth-order valence-electron chi connectivity index (χ4n) is 4.88. The molecule has 1 aliphatic heterocycles. The van der Waals surface area contributed by atoms with Crippen LogP contribution in [0.15, 0.2) is 85.1 Å². The van der Waals surface area contributed by atoms with Gasteiger partial charge >= 0.3 is 6.03 Å². The van der Waals surface area contributed by atoms with Crippen molar-refractivity contribution in [2.45, 2.75) is 13.3 Å². The molecule has 1 N–H and O–H groups in total. The van der Waals surface area contributed by atoms with Crippen LogP contribution in [0.3, 0.4) is 0 Å². The minimum atomic E-state index is -0.0911. The standard InChI is InChI=1S/C30H28ClN7O/c1-21-7-5-11-24(17-21)33-30(39)37-15-13-36(14-16-37)28-26-20-32-38(25-12-6-10-23(31)19-25)29(26)35-27(34-28)18-22-8-3-2-4-9-22/h2-12,17,19-20H,13-16,18H2,1H3,(H,33,39). The third-order valence-electron chi connectivity index (χ3n) is 6.85. The van der Waals surface area contributed by atoms with Gasteiger partial charge in [-0.05, 0) is 48.4 Å². The molecule has 6 rings (SSSR count). The Kier molecular flexibility index (Phi) is 6.85. The number of nitrogens with one attached hydrogen (secondary N) is 1. The van der Waals surface area contributed by atoms with Crippen LogP contribution in [0.1, 0.15) is 17.0 Å². The molecule has 8 nitrogen and oxygen atoms in total. The molecule has 9 heteroatoms. The van der Waals surface area contributed by atoms with Gasteiger partial charge in [0.1, 0.15) is 11.6 Å². The topological polar surface area (TPSA) is 79.2 Å². The van der Waals surface area contributed by atoms with Crippen LogP contribution in [0, 0.1) is 6.92 Å². The number of halogens is 1. The first kappa shape index (κ1) is 24.9. The normalized spacial score (nSPS) is 13.6. The Labute approximate surface area is 231 Å². The van der Waals surface area contributed by atoms with E-state index in [0.717, 1.165) is 39.4 Å². The summed E-state index contributed by atoms with van der Waals surface area (Å²) in [6.45, 7) is 4.48. The highest BCUT2D eigenvalue weighted by atomic mass is 35.5. The van der Waals surface area contributed by atoms with Crippen molar-refractivity contribution in [2.75, 3.05) is 36.4 Å². The molecule has 1 aliphatic rings. The van der Waals surface area contributed by atoms with Crippen molar-refractivity contribution in [1.82, 2.24) is 24.6 Å². The molecule has 3 heterocycles. The molecular formula is C30H28ClN7O. The van der Waals surface area contributed by atoms with Crippen molar-refractivity contribution >= 4 is 40.2 Å². The molecule has 0 atom stereocenters. The van der Waals surface area contributed by atoms with Crippen molar-refractivity contribution < 1.29 is 4.79 Å². The second-order valence-corrected chi connectivity index (χ2v) is 10.1. The number of hydrogen-bond donors (Lipinski definition) is 1. The molecule has 3 aromatic carbocycles. The van der Waals surface area contributed by atoms with Crippen LogP contribution >= 0.6 is 11.6 Å². The number of urea groups is 1. The van der Waals surface area contributed by atoms with Gasteiger partial charge in [0.15, 0.2) is 5.65 Å². The van der Waals surface area contributed by atoms with Crippen LogP contribution < -0.4 is 10.2 Å². The Morgan fingerprint density at radius 2 is 1.72 bits per heavy atom. The lowest BCUT2D eigenvalue weighted by Crippen LogP contribution is -2.50. The van der Waals surface area contributed by atoms with Gasteiger partial charge in [-0.2, -0.15) is 5.10 Å². The van der Waals surface area contributed by atoms with Gasteiger partial charge in [-0.25, -0.2) is 19.4 Å². The van der Waals surface area contributed by atoms with Crippen LogP contribution in [-0.4, -0.2) is 56.9 Å². The van der Waals surface area contributed by atoms with E-state index in [1.165, 1.54) is 0 Å². The molecule has 2 aromatic heterocycles. The molecule has 1 saturated heterocycles. The van der Waals surface area contributed by atoms with Gasteiger partial charge in [-0.15, -0.1) is 0 Å². The summed E-state index contributed by atoms with van der Waals surface area (Å²) >= 11 is 6.28. The summed E-state index contributed by atoms with van der Waals surface area (Å²) in [7, 11) is 0. The number of carbonyl (C=O) groups is 1. The molecule has 0 radical (unpaired) electrons. The Morgan fingerprint density at radius 1 is 0.923 bits per heavy atom. The van der Waals surface area contributed by atoms with Crippen LogP contribution in [-0.2, 0) is 6.42 Å². The number of rotatable bonds is 5. The summed E-state index contributed by atoms with van der Waals surface area (Å²) in [5.74, 6) is 1.55. The molecule has 0 bridgehead atoms. The number of nitrogens with zero attached hydrogens (tertiary/aromatic N) is 6. The highest BCUT2D eigenvalue weighted by molar-refractivity contribution is 6.30. The summed E-state index contributed by atoms with van der Waals surface area (Å²) in [4.78, 5) is 26.9. The van der Waals surface area contributed by atoms with Gasteiger partial charge in [0.25, 0.3) is 0 Å². The first-order valence-electron chi connectivity index (χ1n) is 13.0. The minimum absolute atomic E-state index is 0.0911. The molecule has 196 valence electrons. The number of fused-ring (bicyclic) bond motifs is 1. The number of benzene rings is 3. The van der Waals surface area contributed by atoms with Gasteiger partial charge in [0, 0.05) is 43.3 Å². The second kappa shape index (κ2) is 10.7. The zero-order chi connectivity index (χ0) is 26.8. The zero-order valence-electron chi connectivity index (χ0n) is 21.6. The summed E-state index contributed by atoms with van der Waals surface area (Å²) in [6, 6.07) is 25.5. The predicted molar refractivity (Wildman–Crippen MR) is 155 cm³/mol. The minimum Gasteiger partial charge on any atom is -0.352 e. The average molecular weight is 538 g/mol. The third-order valence-corrected chi connectivity index (χ3v) is 7.08. The summed E-state index contributed by atoms with van der Waals surface area (Å²) in [5.41, 5.74) is 4.61. The van der Waals surface area contributed by atoms with E-state index >= 15 is 0 Å². The van der Waals surface area contributed by atoms with E-state index in [4.69, 9.17) is 21.6 Å². The smallest absolute Gasteiger partial charge is 0.321 e. The fraction of sp³-hybridized carbons (Fsp3) is 0.200. The summed E-state index contributed by atoms with van der Waals surface area (Å²) in [6.07, 6.45) is 2.41. The maximum absolute atomic E-state index is 12.9. The molecule has 39 heavy (non-hydrogen) atoms. The zero-order valence-corrected chi connectivity index (χ0v) is 22.3. The summed E-state index contributed by atoms with van der Waals surface area (Å²) in [5, 5.41) is 9.18. The van der Waals surface area contributed by atoms with Crippen LogP contribution in [0.25, 0.3) is 16.7 Å².